The van der Waals surface area contributed by atoms with E-state index in [1.54, 1.807) is 0 Å². The van der Waals surface area contributed by atoms with Gasteiger partial charge >= 0.3 is 0 Å². The lowest BCUT2D eigenvalue weighted by Gasteiger charge is -2.12. The number of nitrogens with zero attached hydrogens (tertiary/aromatic N) is 2. The van der Waals surface area contributed by atoms with E-state index >= 15 is 0 Å². The Labute approximate surface area is 139 Å². The van der Waals surface area contributed by atoms with Gasteiger partial charge in [0.25, 0.3) is 0 Å². The Morgan fingerprint density at radius 2 is 2.17 bits per heavy atom. The van der Waals surface area contributed by atoms with Crippen molar-refractivity contribution in [2.45, 2.75) is 46.6 Å². The lowest BCUT2D eigenvalue weighted by atomic mass is 10.1. The van der Waals surface area contributed by atoms with Gasteiger partial charge in [-0.2, -0.15) is 0 Å². The van der Waals surface area contributed by atoms with Crippen LogP contribution in [0.1, 0.15) is 45.6 Å². The molecule has 5 nitrogen and oxygen atoms in total. The molecular weight excluding hydrogens is 288 g/mol. The van der Waals surface area contributed by atoms with E-state index < -0.39 is 0 Å². The van der Waals surface area contributed by atoms with Gasteiger partial charge in [-0.3, -0.25) is 0 Å². The van der Waals surface area contributed by atoms with Gasteiger partial charge in [-0.15, -0.1) is 0 Å². The summed E-state index contributed by atoms with van der Waals surface area (Å²) < 4.78 is 5.65. The van der Waals surface area contributed by atoms with Crippen molar-refractivity contribution in [2.24, 2.45) is 16.8 Å². The summed E-state index contributed by atoms with van der Waals surface area (Å²) >= 11 is 0. The van der Waals surface area contributed by atoms with Crippen molar-refractivity contribution < 1.29 is 4.74 Å². The Morgan fingerprint density at radius 1 is 1.35 bits per heavy atom. The van der Waals surface area contributed by atoms with E-state index in [0.717, 1.165) is 43.6 Å². The first-order valence-corrected chi connectivity index (χ1v) is 8.77. The van der Waals surface area contributed by atoms with E-state index in [1.165, 1.54) is 12.8 Å². The Morgan fingerprint density at radius 3 is 2.78 bits per heavy atom. The maximum atomic E-state index is 5.65. The van der Waals surface area contributed by atoms with Gasteiger partial charge in [0.2, 0.25) is 5.88 Å². The zero-order chi connectivity index (χ0) is 16.5. The van der Waals surface area contributed by atoms with E-state index in [2.05, 4.69) is 41.4 Å². The minimum atomic E-state index is 0.618. The summed E-state index contributed by atoms with van der Waals surface area (Å²) in [7, 11) is 0. The van der Waals surface area contributed by atoms with Crippen LogP contribution < -0.4 is 15.4 Å². The minimum absolute atomic E-state index is 0.618. The van der Waals surface area contributed by atoms with E-state index in [0.29, 0.717) is 18.3 Å². The zero-order valence-corrected chi connectivity index (χ0v) is 14.6. The Balaban J connectivity index is 1.79. The Hall–Kier alpha value is -1.78. The number of pyridine rings is 1. The van der Waals surface area contributed by atoms with Crippen LogP contribution in [0.3, 0.4) is 0 Å². The molecule has 0 radical (unpaired) electrons. The maximum Gasteiger partial charge on any atom is 0.213 e. The normalized spacial score (nSPS) is 14.9. The summed E-state index contributed by atoms with van der Waals surface area (Å²) in [5.74, 6) is 3.02. The van der Waals surface area contributed by atoms with Crippen LogP contribution in [-0.2, 0) is 6.54 Å². The summed E-state index contributed by atoms with van der Waals surface area (Å²) in [5, 5.41) is 6.64. The third-order valence-corrected chi connectivity index (χ3v) is 3.74. The molecule has 1 heterocycles. The number of hydrogen-bond acceptors (Lipinski definition) is 3. The molecule has 1 saturated carbocycles. The molecule has 5 heteroatoms. The van der Waals surface area contributed by atoms with E-state index in [-0.39, 0.29) is 0 Å². The van der Waals surface area contributed by atoms with Crippen molar-refractivity contribution >= 4 is 5.96 Å². The molecule has 128 valence electrons. The topological polar surface area (TPSA) is 58.5 Å². The average Bonchev–Trinajstić information content (AvgIpc) is 3.35. The van der Waals surface area contributed by atoms with Gasteiger partial charge in [-0.1, -0.05) is 19.9 Å². The lowest BCUT2D eigenvalue weighted by molar-refractivity contribution is 0.288. The molecular formula is C18H30N4O. The predicted molar refractivity (Wildman–Crippen MR) is 94.7 cm³/mol. The van der Waals surface area contributed by atoms with Crippen LogP contribution in [0, 0.1) is 11.8 Å². The number of nitrogens with one attached hydrogen (secondary N) is 2. The Kier molecular flexibility index (Phi) is 7.17. The van der Waals surface area contributed by atoms with Gasteiger partial charge in [-0.25, -0.2) is 9.98 Å². The number of ether oxygens (including phenoxy) is 1. The van der Waals surface area contributed by atoms with Crippen molar-refractivity contribution in [1.29, 1.82) is 0 Å². The Bertz CT molecular complexity index is 480. The number of hydrogen-bond donors (Lipinski definition) is 2. The fraction of sp³-hybridized carbons (Fsp3) is 0.667. The van der Waals surface area contributed by atoms with E-state index in [9.17, 15) is 0 Å². The summed E-state index contributed by atoms with van der Waals surface area (Å²) in [6.45, 7) is 9.75. The number of aliphatic imine (C=N–C) groups is 1. The number of aromatic nitrogens is 1. The van der Waals surface area contributed by atoms with Gasteiger partial charge in [0, 0.05) is 25.4 Å². The molecule has 0 spiro atoms. The molecule has 0 aliphatic heterocycles. The highest BCUT2D eigenvalue weighted by Gasteiger charge is 2.21. The molecule has 23 heavy (non-hydrogen) atoms. The number of rotatable bonds is 9. The molecule has 0 bridgehead atoms. The molecule has 0 aromatic carbocycles. The standard InChI is InChI=1S/C18H30N4O/c1-4-19-18(20-10-9-14(2)3)22-12-16-7-8-17(21-11-16)23-13-15-5-6-15/h7-8,11,14-15H,4-6,9-10,12-13H2,1-3H3,(H2,19,20,22). The lowest BCUT2D eigenvalue weighted by Crippen LogP contribution is -2.38. The largest absolute Gasteiger partial charge is 0.477 e. The monoisotopic (exact) mass is 318 g/mol. The molecule has 1 aliphatic rings. The second kappa shape index (κ2) is 9.38. The first kappa shape index (κ1) is 17.6. The zero-order valence-electron chi connectivity index (χ0n) is 14.6. The third kappa shape index (κ3) is 7.35. The van der Waals surface area contributed by atoms with Crippen LogP contribution in [0.2, 0.25) is 0 Å². The second-order valence-corrected chi connectivity index (χ2v) is 6.56. The molecule has 0 amide bonds. The summed E-state index contributed by atoms with van der Waals surface area (Å²) in [5.41, 5.74) is 1.09. The van der Waals surface area contributed by atoms with Crippen molar-refractivity contribution in [3.05, 3.63) is 23.9 Å². The SMILES string of the molecule is CCNC(=NCc1ccc(OCC2CC2)nc1)NCCC(C)C. The number of guanidine groups is 1. The van der Waals surface area contributed by atoms with Crippen LogP contribution in [0.5, 0.6) is 5.88 Å². The van der Waals surface area contributed by atoms with Crippen molar-refractivity contribution in [2.75, 3.05) is 19.7 Å². The highest BCUT2D eigenvalue weighted by atomic mass is 16.5. The van der Waals surface area contributed by atoms with Crippen molar-refractivity contribution in [3.8, 4) is 5.88 Å². The fourth-order valence-electron chi connectivity index (χ4n) is 2.07. The van der Waals surface area contributed by atoms with Gasteiger partial charge in [0.15, 0.2) is 5.96 Å². The first-order chi connectivity index (χ1) is 11.2. The molecule has 1 aromatic rings. The van der Waals surface area contributed by atoms with Crippen LogP contribution >= 0.6 is 0 Å². The van der Waals surface area contributed by atoms with E-state index in [4.69, 9.17) is 4.74 Å². The van der Waals surface area contributed by atoms with Crippen LogP contribution in [0.25, 0.3) is 0 Å². The molecule has 1 aliphatic carbocycles. The quantitative estimate of drug-likeness (QED) is 0.543. The average molecular weight is 318 g/mol. The minimum Gasteiger partial charge on any atom is -0.477 e. The van der Waals surface area contributed by atoms with Gasteiger partial charge in [0.1, 0.15) is 0 Å². The fourth-order valence-corrected chi connectivity index (χ4v) is 2.07. The van der Waals surface area contributed by atoms with Crippen molar-refractivity contribution in [3.63, 3.8) is 0 Å². The molecule has 0 atom stereocenters. The molecule has 0 saturated heterocycles. The highest BCUT2D eigenvalue weighted by Crippen LogP contribution is 2.29. The van der Waals surface area contributed by atoms with E-state index in [1.807, 2.05) is 18.3 Å². The van der Waals surface area contributed by atoms with Gasteiger partial charge in [-0.05, 0) is 43.6 Å². The molecule has 1 fully saturated rings. The first-order valence-electron chi connectivity index (χ1n) is 8.77. The molecule has 2 rings (SSSR count). The van der Waals surface area contributed by atoms with Crippen molar-refractivity contribution in [1.82, 2.24) is 15.6 Å². The molecule has 2 N–H and O–H groups in total. The smallest absolute Gasteiger partial charge is 0.213 e. The summed E-state index contributed by atoms with van der Waals surface area (Å²) in [6, 6.07) is 3.97. The second-order valence-electron chi connectivity index (χ2n) is 6.56. The van der Waals surface area contributed by atoms with Gasteiger partial charge < -0.3 is 15.4 Å². The van der Waals surface area contributed by atoms with Crippen LogP contribution in [0.4, 0.5) is 0 Å². The highest BCUT2D eigenvalue weighted by molar-refractivity contribution is 5.79. The van der Waals surface area contributed by atoms with Gasteiger partial charge in [0.05, 0.1) is 13.2 Å². The summed E-state index contributed by atoms with van der Waals surface area (Å²) in [4.78, 5) is 8.96. The predicted octanol–water partition coefficient (Wildman–Crippen LogP) is 2.97. The van der Waals surface area contributed by atoms with Crippen LogP contribution in [0.15, 0.2) is 23.3 Å². The summed E-state index contributed by atoms with van der Waals surface area (Å²) in [6.07, 6.45) is 5.58. The van der Waals surface area contributed by atoms with Crippen LogP contribution in [-0.4, -0.2) is 30.6 Å². The maximum absolute atomic E-state index is 5.65. The third-order valence-electron chi connectivity index (χ3n) is 3.74. The molecule has 1 aromatic heterocycles. The molecule has 0 unspecified atom stereocenters.